The zero-order valence-electron chi connectivity index (χ0n) is 9.69. The van der Waals surface area contributed by atoms with Gasteiger partial charge in [-0.15, -0.1) is 0 Å². The molecule has 0 aliphatic carbocycles. The van der Waals surface area contributed by atoms with Gasteiger partial charge in [0.05, 0.1) is 18.1 Å². The third-order valence-electron chi connectivity index (χ3n) is 2.99. The van der Waals surface area contributed by atoms with Crippen LogP contribution >= 0.6 is 11.8 Å². The first-order chi connectivity index (χ1) is 8.35. The normalized spacial score (nSPS) is 16.1. The maximum Gasteiger partial charge on any atom is 0.166 e. The van der Waals surface area contributed by atoms with Crippen molar-refractivity contribution in [2.24, 2.45) is 5.92 Å². The fourth-order valence-corrected chi connectivity index (χ4v) is 2.80. The fraction of sp³-hybridized carbons (Fsp3) is 0.417. The van der Waals surface area contributed by atoms with Gasteiger partial charge in [-0.05, 0) is 31.1 Å². The van der Waals surface area contributed by atoms with Crippen molar-refractivity contribution in [1.82, 2.24) is 15.3 Å². The Labute approximate surface area is 104 Å². The second-order valence-electron chi connectivity index (χ2n) is 4.26. The molecule has 5 heteroatoms. The quantitative estimate of drug-likeness (QED) is 0.812. The Morgan fingerprint density at radius 3 is 3.06 bits per heavy atom. The van der Waals surface area contributed by atoms with Gasteiger partial charge in [-0.1, -0.05) is 11.8 Å². The molecule has 1 aliphatic rings. The van der Waals surface area contributed by atoms with E-state index < -0.39 is 0 Å². The Morgan fingerprint density at radius 1 is 1.47 bits per heavy atom. The first-order valence-corrected chi connectivity index (χ1v) is 6.71. The van der Waals surface area contributed by atoms with E-state index in [-0.39, 0.29) is 0 Å². The minimum Gasteiger partial charge on any atom is -0.497 e. The number of aromatic nitrogens is 2. The SMILES string of the molecule is COc1ccc2nc(SCC3CNC3)[nH]c2c1. The van der Waals surface area contributed by atoms with E-state index in [0.29, 0.717) is 0 Å². The molecule has 0 amide bonds. The van der Waals surface area contributed by atoms with Gasteiger partial charge in [0.2, 0.25) is 0 Å². The first kappa shape index (κ1) is 10.9. The first-order valence-electron chi connectivity index (χ1n) is 5.72. The number of ether oxygens (including phenoxy) is 1. The smallest absolute Gasteiger partial charge is 0.166 e. The van der Waals surface area contributed by atoms with Crippen molar-refractivity contribution in [3.8, 4) is 5.75 Å². The number of imidazole rings is 1. The molecule has 0 saturated carbocycles. The molecule has 90 valence electrons. The Bertz CT molecular complexity index is 521. The van der Waals surface area contributed by atoms with Crippen LogP contribution in [0.25, 0.3) is 11.0 Å². The summed E-state index contributed by atoms with van der Waals surface area (Å²) in [6.45, 7) is 2.28. The molecule has 1 aromatic carbocycles. The van der Waals surface area contributed by atoms with E-state index in [1.807, 2.05) is 18.2 Å². The van der Waals surface area contributed by atoms with E-state index in [2.05, 4.69) is 15.3 Å². The zero-order chi connectivity index (χ0) is 11.7. The van der Waals surface area contributed by atoms with Crippen molar-refractivity contribution in [2.75, 3.05) is 26.0 Å². The molecule has 0 radical (unpaired) electrons. The van der Waals surface area contributed by atoms with E-state index in [1.165, 1.54) is 0 Å². The highest BCUT2D eigenvalue weighted by molar-refractivity contribution is 7.99. The molecule has 1 aliphatic heterocycles. The number of nitrogens with zero attached hydrogens (tertiary/aromatic N) is 1. The molecule has 4 nitrogen and oxygen atoms in total. The molecule has 0 spiro atoms. The highest BCUT2D eigenvalue weighted by Gasteiger charge is 2.17. The van der Waals surface area contributed by atoms with Gasteiger partial charge in [-0.2, -0.15) is 0 Å². The number of fused-ring (bicyclic) bond motifs is 1. The number of hydrogen-bond acceptors (Lipinski definition) is 4. The molecule has 0 bridgehead atoms. The third-order valence-corrected chi connectivity index (χ3v) is 4.09. The van der Waals surface area contributed by atoms with Gasteiger partial charge >= 0.3 is 0 Å². The summed E-state index contributed by atoms with van der Waals surface area (Å²) < 4.78 is 5.19. The number of thioether (sulfide) groups is 1. The number of nitrogens with one attached hydrogen (secondary N) is 2. The third kappa shape index (κ3) is 2.25. The van der Waals surface area contributed by atoms with Crippen LogP contribution in [0, 0.1) is 5.92 Å². The van der Waals surface area contributed by atoms with Crippen LogP contribution in [0.2, 0.25) is 0 Å². The molecular weight excluding hydrogens is 234 g/mol. The molecule has 1 aromatic heterocycles. The average molecular weight is 249 g/mol. The summed E-state index contributed by atoms with van der Waals surface area (Å²) in [5, 5.41) is 4.28. The second-order valence-corrected chi connectivity index (χ2v) is 5.27. The maximum atomic E-state index is 5.19. The lowest BCUT2D eigenvalue weighted by molar-refractivity contribution is 0.385. The van der Waals surface area contributed by atoms with Gasteiger partial charge in [0.25, 0.3) is 0 Å². The molecule has 0 atom stereocenters. The van der Waals surface area contributed by atoms with Crippen LogP contribution in [0.4, 0.5) is 0 Å². The van der Waals surface area contributed by atoms with E-state index in [9.17, 15) is 0 Å². The van der Waals surface area contributed by atoms with Gasteiger partial charge < -0.3 is 15.0 Å². The summed E-state index contributed by atoms with van der Waals surface area (Å²) in [6.07, 6.45) is 0. The summed E-state index contributed by atoms with van der Waals surface area (Å²) in [5.41, 5.74) is 2.04. The summed E-state index contributed by atoms with van der Waals surface area (Å²) in [7, 11) is 1.68. The Hall–Kier alpha value is -1.20. The van der Waals surface area contributed by atoms with Gasteiger partial charge in [-0.25, -0.2) is 4.98 Å². The second kappa shape index (κ2) is 4.58. The molecule has 0 unspecified atom stereocenters. The van der Waals surface area contributed by atoms with Crippen molar-refractivity contribution in [1.29, 1.82) is 0 Å². The van der Waals surface area contributed by atoms with Crippen LogP contribution in [0.15, 0.2) is 23.4 Å². The molecule has 17 heavy (non-hydrogen) atoms. The minimum absolute atomic E-state index is 0.794. The van der Waals surface area contributed by atoms with E-state index in [1.54, 1.807) is 18.9 Å². The van der Waals surface area contributed by atoms with Gasteiger partial charge in [0.1, 0.15) is 5.75 Å². The van der Waals surface area contributed by atoms with E-state index in [0.717, 1.165) is 46.7 Å². The molecule has 1 saturated heterocycles. The topological polar surface area (TPSA) is 49.9 Å². The fourth-order valence-electron chi connectivity index (χ4n) is 1.82. The van der Waals surface area contributed by atoms with Gasteiger partial charge in [-0.3, -0.25) is 0 Å². The molecule has 3 rings (SSSR count). The highest BCUT2D eigenvalue weighted by Crippen LogP contribution is 2.24. The highest BCUT2D eigenvalue weighted by atomic mass is 32.2. The number of benzene rings is 1. The zero-order valence-corrected chi connectivity index (χ0v) is 10.5. The molecule has 2 aromatic rings. The summed E-state index contributed by atoms with van der Waals surface area (Å²) in [4.78, 5) is 7.88. The summed E-state index contributed by atoms with van der Waals surface area (Å²) in [5.74, 6) is 2.79. The lowest BCUT2D eigenvalue weighted by Crippen LogP contribution is -2.43. The summed E-state index contributed by atoms with van der Waals surface area (Å²) >= 11 is 1.80. The van der Waals surface area contributed by atoms with Crippen LogP contribution in [0.3, 0.4) is 0 Å². The van der Waals surface area contributed by atoms with Crippen LogP contribution in [-0.4, -0.2) is 35.9 Å². The van der Waals surface area contributed by atoms with Crippen LogP contribution in [0.1, 0.15) is 0 Å². The van der Waals surface area contributed by atoms with Crippen LogP contribution in [-0.2, 0) is 0 Å². The molecule has 2 heterocycles. The van der Waals surface area contributed by atoms with E-state index in [4.69, 9.17) is 4.74 Å². The minimum atomic E-state index is 0.794. The molecule has 1 fully saturated rings. The van der Waals surface area contributed by atoms with Crippen molar-refractivity contribution >= 4 is 22.8 Å². The van der Waals surface area contributed by atoms with Gasteiger partial charge in [0, 0.05) is 11.8 Å². The maximum absolute atomic E-state index is 5.19. The van der Waals surface area contributed by atoms with Crippen molar-refractivity contribution in [3.63, 3.8) is 0 Å². The molecule has 2 N–H and O–H groups in total. The molecular formula is C12H15N3OS. The number of H-pyrrole nitrogens is 1. The Kier molecular flexibility index (Phi) is 2.94. The summed E-state index contributed by atoms with van der Waals surface area (Å²) in [6, 6.07) is 5.91. The lowest BCUT2D eigenvalue weighted by Gasteiger charge is -2.25. The van der Waals surface area contributed by atoms with Crippen LogP contribution < -0.4 is 10.1 Å². The number of hydrogen-bond donors (Lipinski definition) is 2. The Balaban J connectivity index is 1.75. The van der Waals surface area contributed by atoms with Crippen molar-refractivity contribution in [2.45, 2.75) is 5.16 Å². The lowest BCUT2D eigenvalue weighted by atomic mass is 10.1. The van der Waals surface area contributed by atoms with Crippen molar-refractivity contribution in [3.05, 3.63) is 18.2 Å². The number of aromatic amines is 1. The van der Waals surface area contributed by atoms with Crippen LogP contribution in [0.5, 0.6) is 5.75 Å². The monoisotopic (exact) mass is 249 g/mol. The largest absolute Gasteiger partial charge is 0.497 e. The van der Waals surface area contributed by atoms with Gasteiger partial charge in [0.15, 0.2) is 5.16 Å². The van der Waals surface area contributed by atoms with Crippen molar-refractivity contribution < 1.29 is 4.74 Å². The number of rotatable bonds is 4. The predicted molar refractivity (Wildman–Crippen MR) is 69.7 cm³/mol. The standard InChI is InChI=1S/C12H15N3OS/c1-16-9-2-3-10-11(4-9)15-12(14-10)17-7-8-5-13-6-8/h2-4,8,13H,5-7H2,1H3,(H,14,15). The number of methoxy groups -OCH3 is 1. The average Bonchev–Trinajstić information content (AvgIpc) is 2.68. The van der Waals surface area contributed by atoms with E-state index >= 15 is 0 Å². The predicted octanol–water partition coefficient (Wildman–Crippen LogP) is 1.88. The Morgan fingerprint density at radius 2 is 2.35 bits per heavy atom.